The van der Waals surface area contributed by atoms with Gasteiger partial charge in [-0.15, -0.1) is 0 Å². The van der Waals surface area contributed by atoms with Gasteiger partial charge in [0.25, 0.3) is 0 Å². The van der Waals surface area contributed by atoms with Gasteiger partial charge in [0.1, 0.15) is 5.75 Å². The van der Waals surface area contributed by atoms with E-state index >= 15 is 0 Å². The molecule has 1 N–H and O–H groups in total. The molecule has 1 aliphatic rings. The predicted octanol–water partition coefficient (Wildman–Crippen LogP) is 5.00. The first kappa shape index (κ1) is 19.2. The predicted molar refractivity (Wildman–Crippen MR) is 106 cm³/mol. The third-order valence-corrected chi connectivity index (χ3v) is 5.55. The minimum absolute atomic E-state index is 0.122. The van der Waals surface area contributed by atoms with Crippen molar-refractivity contribution in [3.8, 4) is 5.75 Å². The van der Waals surface area contributed by atoms with Crippen molar-refractivity contribution < 1.29 is 14.6 Å². The Hall–Kier alpha value is -1.56. The van der Waals surface area contributed by atoms with E-state index in [1.807, 2.05) is 42.5 Å². The maximum absolute atomic E-state index is 11.5. The molecule has 0 amide bonds. The number of carboxylic acid groups (broad SMARTS) is 1. The van der Waals surface area contributed by atoms with Gasteiger partial charge in [-0.1, -0.05) is 39.7 Å². The van der Waals surface area contributed by atoms with E-state index in [1.165, 1.54) is 0 Å². The molecule has 0 radical (unpaired) electrons. The van der Waals surface area contributed by atoms with Crippen molar-refractivity contribution in [2.24, 2.45) is 5.92 Å². The fraction of sp³-hybridized carbons (Fsp3) is 0.350. The molecule has 1 saturated heterocycles. The zero-order valence-corrected chi connectivity index (χ0v) is 16.8. The zero-order chi connectivity index (χ0) is 18.7. The van der Waals surface area contributed by atoms with Gasteiger partial charge >= 0.3 is 5.97 Å². The average molecular weight is 439 g/mol. The third-order valence-electron chi connectivity index (χ3n) is 4.82. The summed E-state index contributed by atoms with van der Waals surface area (Å²) in [5.41, 5.74) is 2.02. The van der Waals surface area contributed by atoms with Crippen LogP contribution in [0.4, 0.5) is 0 Å². The van der Waals surface area contributed by atoms with Crippen molar-refractivity contribution >= 4 is 33.5 Å². The fourth-order valence-electron chi connectivity index (χ4n) is 3.63. The summed E-state index contributed by atoms with van der Waals surface area (Å²) in [5.74, 6) is -0.319. The van der Waals surface area contributed by atoms with Crippen molar-refractivity contribution in [2.75, 3.05) is 20.2 Å². The number of carboxylic acids is 1. The molecule has 1 heterocycles. The van der Waals surface area contributed by atoms with E-state index in [-0.39, 0.29) is 12.0 Å². The second kappa shape index (κ2) is 8.42. The number of hydrogen-bond donors (Lipinski definition) is 1. The van der Waals surface area contributed by atoms with E-state index in [4.69, 9.17) is 16.3 Å². The lowest BCUT2D eigenvalue weighted by Gasteiger charge is -2.38. The van der Waals surface area contributed by atoms with Crippen LogP contribution in [0.1, 0.15) is 30.0 Å². The molecule has 0 bridgehead atoms. The van der Waals surface area contributed by atoms with E-state index in [1.54, 1.807) is 7.11 Å². The quantitative estimate of drug-likeness (QED) is 0.714. The lowest BCUT2D eigenvalue weighted by atomic mass is 9.91. The second-order valence-electron chi connectivity index (χ2n) is 6.52. The van der Waals surface area contributed by atoms with Crippen LogP contribution < -0.4 is 4.74 Å². The number of benzene rings is 2. The van der Waals surface area contributed by atoms with Crippen molar-refractivity contribution in [1.29, 1.82) is 0 Å². The third kappa shape index (κ3) is 4.22. The summed E-state index contributed by atoms with van der Waals surface area (Å²) in [4.78, 5) is 13.8. The summed E-state index contributed by atoms with van der Waals surface area (Å²) in [6, 6.07) is 13.5. The van der Waals surface area contributed by atoms with Gasteiger partial charge in [0.05, 0.1) is 19.1 Å². The van der Waals surface area contributed by atoms with Crippen LogP contribution in [-0.2, 0) is 4.79 Å². The monoisotopic (exact) mass is 437 g/mol. The first-order valence-electron chi connectivity index (χ1n) is 8.55. The fourth-order valence-corrected chi connectivity index (χ4v) is 4.20. The molecule has 1 fully saturated rings. The normalized spacial score (nSPS) is 19.1. The Morgan fingerprint density at radius 2 is 2.15 bits per heavy atom. The Morgan fingerprint density at radius 3 is 2.85 bits per heavy atom. The van der Waals surface area contributed by atoms with Crippen LogP contribution in [0, 0.1) is 5.92 Å². The van der Waals surface area contributed by atoms with Crippen LogP contribution in [0.15, 0.2) is 46.9 Å². The minimum atomic E-state index is -0.735. The number of carbonyl (C=O) groups is 1. The first-order chi connectivity index (χ1) is 12.5. The maximum atomic E-state index is 11.5. The van der Waals surface area contributed by atoms with Crippen LogP contribution in [-0.4, -0.2) is 36.2 Å². The Balaban J connectivity index is 2.08. The number of rotatable bonds is 5. The standard InChI is InChI=1S/C20H21BrClNO3/c1-26-18-8-7-15(21)11-17(18)19(13-4-2-6-16(22)10-13)23-9-3-5-14(12-23)20(24)25/h2,4,6-8,10-11,14,19H,3,5,9,12H2,1H3,(H,24,25). The van der Waals surface area contributed by atoms with Gasteiger partial charge in [-0.25, -0.2) is 0 Å². The molecule has 6 heteroatoms. The zero-order valence-electron chi connectivity index (χ0n) is 14.5. The Morgan fingerprint density at radius 1 is 1.35 bits per heavy atom. The molecule has 2 unspecified atom stereocenters. The minimum Gasteiger partial charge on any atom is -0.496 e. The molecule has 1 aliphatic heterocycles. The van der Waals surface area contributed by atoms with E-state index in [2.05, 4.69) is 20.8 Å². The number of methoxy groups -OCH3 is 1. The van der Waals surface area contributed by atoms with Gasteiger partial charge in [0, 0.05) is 21.6 Å². The molecule has 0 saturated carbocycles. The maximum Gasteiger partial charge on any atom is 0.307 e. The Labute approximate surface area is 166 Å². The molecule has 138 valence electrons. The van der Waals surface area contributed by atoms with E-state index in [0.717, 1.165) is 34.3 Å². The molecule has 4 nitrogen and oxygen atoms in total. The van der Waals surface area contributed by atoms with Crippen LogP contribution in [0.2, 0.25) is 5.02 Å². The highest BCUT2D eigenvalue weighted by atomic mass is 79.9. The van der Waals surface area contributed by atoms with Gasteiger partial charge in [-0.2, -0.15) is 0 Å². The highest BCUT2D eigenvalue weighted by molar-refractivity contribution is 9.10. The largest absolute Gasteiger partial charge is 0.496 e. The van der Waals surface area contributed by atoms with Crippen molar-refractivity contribution in [1.82, 2.24) is 4.90 Å². The molecule has 2 aromatic carbocycles. The molecular weight excluding hydrogens is 418 g/mol. The summed E-state index contributed by atoms with van der Waals surface area (Å²) in [6.07, 6.45) is 1.56. The average Bonchev–Trinajstić information content (AvgIpc) is 2.62. The van der Waals surface area contributed by atoms with Gasteiger partial charge in [0.15, 0.2) is 0 Å². The van der Waals surface area contributed by atoms with Crippen molar-refractivity contribution in [3.05, 3.63) is 63.1 Å². The summed E-state index contributed by atoms with van der Waals surface area (Å²) in [6.45, 7) is 1.33. The van der Waals surface area contributed by atoms with Gasteiger partial charge in [-0.3, -0.25) is 9.69 Å². The molecule has 0 aromatic heterocycles. The number of ether oxygens (including phenoxy) is 1. The number of piperidine rings is 1. The van der Waals surface area contributed by atoms with Crippen molar-refractivity contribution in [3.63, 3.8) is 0 Å². The molecule has 3 rings (SSSR count). The van der Waals surface area contributed by atoms with E-state index in [0.29, 0.717) is 18.0 Å². The van der Waals surface area contributed by atoms with Crippen molar-refractivity contribution in [2.45, 2.75) is 18.9 Å². The molecule has 2 aromatic rings. The smallest absolute Gasteiger partial charge is 0.307 e. The van der Waals surface area contributed by atoms with Crippen LogP contribution >= 0.6 is 27.5 Å². The lowest BCUT2D eigenvalue weighted by Crippen LogP contribution is -2.41. The number of likely N-dealkylation sites (tertiary alicyclic amines) is 1. The van der Waals surface area contributed by atoms with Crippen LogP contribution in [0.25, 0.3) is 0 Å². The topological polar surface area (TPSA) is 49.8 Å². The molecule has 26 heavy (non-hydrogen) atoms. The van der Waals surface area contributed by atoms with Gasteiger partial charge in [-0.05, 0) is 55.3 Å². The summed E-state index contributed by atoms with van der Waals surface area (Å²) in [5, 5.41) is 10.1. The Bertz CT molecular complexity index is 798. The SMILES string of the molecule is COc1ccc(Br)cc1C(c1cccc(Cl)c1)N1CCCC(C(=O)O)C1. The molecule has 0 spiro atoms. The van der Waals surface area contributed by atoms with Gasteiger partial charge in [0.2, 0.25) is 0 Å². The molecule has 2 atom stereocenters. The lowest BCUT2D eigenvalue weighted by molar-refractivity contribution is -0.143. The summed E-state index contributed by atoms with van der Waals surface area (Å²) >= 11 is 9.79. The Kier molecular flexibility index (Phi) is 6.22. The summed E-state index contributed by atoms with van der Waals surface area (Å²) in [7, 11) is 1.65. The number of nitrogens with zero attached hydrogens (tertiary/aromatic N) is 1. The highest BCUT2D eigenvalue weighted by Crippen LogP contribution is 2.39. The second-order valence-corrected chi connectivity index (χ2v) is 7.87. The number of aliphatic carboxylic acids is 1. The highest BCUT2D eigenvalue weighted by Gasteiger charge is 2.32. The van der Waals surface area contributed by atoms with Crippen LogP contribution in [0.5, 0.6) is 5.75 Å². The van der Waals surface area contributed by atoms with E-state index in [9.17, 15) is 9.90 Å². The molecule has 0 aliphatic carbocycles. The number of hydrogen-bond acceptors (Lipinski definition) is 3. The van der Waals surface area contributed by atoms with Gasteiger partial charge < -0.3 is 9.84 Å². The van der Waals surface area contributed by atoms with E-state index < -0.39 is 5.97 Å². The van der Waals surface area contributed by atoms with Crippen LogP contribution in [0.3, 0.4) is 0 Å². The number of halogens is 2. The first-order valence-corrected chi connectivity index (χ1v) is 9.72. The summed E-state index contributed by atoms with van der Waals surface area (Å²) < 4.78 is 6.55. The molecular formula is C20H21BrClNO3.